The van der Waals surface area contributed by atoms with E-state index in [0.717, 1.165) is 17.4 Å². The number of quaternary nitrogens is 1. The SMILES string of the molecule is C[N+](C)(C)CCCC(=O)O.O=C(O)c1cccnc1. The molecule has 1 aromatic heterocycles. The van der Waals surface area contributed by atoms with Crippen LogP contribution < -0.4 is 0 Å². The summed E-state index contributed by atoms with van der Waals surface area (Å²) >= 11 is 0. The van der Waals surface area contributed by atoms with E-state index < -0.39 is 11.9 Å². The highest BCUT2D eigenvalue weighted by Gasteiger charge is 2.07. The molecule has 106 valence electrons. The molecule has 19 heavy (non-hydrogen) atoms. The predicted octanol–water partition coefficient (Wildman–Crippen LogP) is 1.34. The number of pyridine rings is 1. The van der Waals surface area contributed by atoms with Crippen molar-refractivity contribution in [2.24, 2.45) is 0 Å². The lowest BCUT2D eigenvalue weighted by Gasteiger charge is -2.23. The van der Waals surface area contributed by atoms with Crippen molar-refractivity contribution in [1.29, 1.82) is 0 Å². The van der Waals surface area contributed by atoms with Gasteiger partial charge in [-0.3, -0.25) is 9.78 Å². The monoisotopic (exact) mass is 269 g/mol. The molecule has 0 amide bonds. The van der Waals surface area contributed by atoms with Crippen molar-refractivity contribution < 1.29 is 24.3 Å². The Bertz CT molecular complexity index is 399. The van der Waals surface area contributed by atoms with E-state index in [1.165, 1.54) is 18.5 Å². The quantitative estimate of drug-likeness (QED) is 0.787. The minimum absolute atomic E-state index is 0.220. The van der Waals surface area contributed by atoms with Crippen LogP contribution in [0.5, 0.6) is 0 Å². The molecule has 6 heteroatoms. The van der Waals surface area contributed by atoms with E-state index in [2.05, 4.69) is 26.1 Å². The zero-order chi connectivity index (χ0) is 14.9. The summed E-state index contributed by atoms with van der Waals surface area (Å²) in [6, 6.07) is 3.08. The second-order valence-corrected chi connectivity index (χ2v) is 5.06. The van der Waals surface area contributed by atoms with E-state index in [0.29, 0.717) is 0 Å². The number of nitrogens with zero attached hydrogens (tertiary/aromatic N) is 2. The van der Waals surface area contributed by atoms with Gasteiger partial charge in [0.05, 0.1) is 39.7 Å². The average Bonchev–Trinajstić information content (AvgIpc) is 2.28. The molecular formula is C13H21N2O4+. The molecule has 0 aliphatic heterocycles. The van der Waals surface area contributed by atoms with Gasteiger partial charge in [-0.2, -0.15) is 0 Å². The Morgan fingerprint density at radius 2 is 1.89 bits per heavy atom. The van der Waals surface area contributed by atoms with Crippen LogP contribution in [0.3, 0.4) is 0 Å². The molecule has 6 nitrogen and oxygen atoms in total. The fourth-order valence-electron chi connectivity index (χ4n) is 1.19. The van der Waals surface area contributed by atoms with Crippen LogP contribution in [0.1, 0.15) is 23.2 Å². The van der Waals surface area contributed by atoms with Crippen molar-refractivity contribution in [3.8, 4) is 0 Å². The smallest absolute Gasteiger partial charge is 0.337 e. The molecule has 0 saturated heterocycles. The molecule has 0 aliphatic carbocycles. The first kappa shape index (κ1) is 17.1. The van der Waals surface area contributed by atoms with E-state index >= 15 is 0 Å². The number of carbonyl (C=O) groups is 2. The second-order valence-electron chi connectivity index (χ2n) is 5.06. The predicted molar refractivity (Wildman–Crippen MR) is 71.0 cm³/mol. The first-order valence-corrected chi connectivity index (χ1v) is 5.88. The van der Waals surface area contributed by atoms with Crippen LogP contribution in [-0.4, -0.2) is 59.3 Å². The van der Waals surface area contributed by atoms with E-state index in [-0.39, 0.29) is 12.0 Å². The Hall–Kier alpha value is -1.95. The van der Waals surface area contributed by atoms with Crippen LogP contribution in [-0.2, 0) is 4.79 Å². The number of rotatable bonds is 5. The average molecular weight is 269 g/mol. The molecule has 0 saturated carbocycles. The van der Waals surface area contributed by atoms with Crippen molar-refractivity contribution in [3.05, 3.63) is 30.1 Å². The second kappa shape index (κ2) is 8.20. The van der Waals surface area contributed by atoms with Gasteiger partial charge in [-0.15, -0.1) is 0 Å². The standard InChI is InChI=1S/C7H15NO2.C6H5NO2/c1-8(2,3)6-4-5-7(9)10;8-6(9)5-2-1-3-7-4-5/h4-6H2,1-3H3;1-4H,(H,8,9)/p+1. The van der Waals surface area contributed by atoms with Crippen molar-refractivity contribution in [2.45, 2.75) is 12.8 Å². The van der Waals surface area contributed by atoms with E-state index in [4.69, 9.17) is 10.2 Å². The maximum Gasteiger partial charge on any atom is 0.337 e. The summed E-state index contributed by atoms with van der Waals surface area (Å²) in [5, 5.41) is 16.6. The normalized spacial score (nSPS) is 10.3. The minimum atomic E-state index is -0.942. The number of carboxylic acid groups (broad SMARTS) is 2. The Balaban J connectivity index is 0.000000342. The summed E-state index contributed by atoms with van der Waals surface area (Å²) in [4.78, 5) is 23.9. The summed E-state index contributed by atoms with van der Waals surface area (Å²) in [6.45, 7) is 0.923. The summed E-state index contributed by atoms with van der Waals surface area (Å²) < 4.78 is 0.841. The summed E-state index contributed by atoms with van der Waals surface area (Å²) in [6.07, 6.45) is 3.89. The molecule has 0 radical (unpaired) electrons. The number of aromatic nitrogens is 1. The molecule has 0 fully saturated rings. The molecule has 2 N–H and O–H groups in total. The zero-order valence-corrected chi connectivity index (χ0v) is 11.5. The molecule has 0 bridgehead atoms. The Kier molecular flexibility index (Phi) is 7.36. The number of hydrogen-bond donors (Lipinski definition) is 2. The van der Waals surface area contributed by atoms with Gasteiger partial charge in [0.25, 0.3) is 0 Å². The van der Waals surface area contributed by atoms with Gasteiger partial charge >= 0.3 is 11.9 Å². The number of aromatic carboxylic acids is 1. The Morgan fingerprint density at radius 3 is 2.21 bits per heavy atom. The van der Waals surface area contributed by atoms with Gasteiger partial charge < -0.3 is 14.7 Å². The third-order valence-corrected chi connectivity index (χ3v) is 2.13. The fraction of sp³-hybridized carbons (Fsp3) is 0.462. The lowest BCUT2D eigenvalue weighted by atomic mass is 10.3. The Morgan fingerprint density at radius 1 is 1.26 bits per heavy atom. The van der Waals surface area contributed by atoms with Gasteiger partial charge in [0.1, 0.15) is 0 Å². The van der Waals surface area contributed by atoms with Crippen molar-refractivity contribution in [3.63, 3.8) is 0 Å². The van der Waals surface area contributed by atoms with Crippen LogP contribution in [0.2, 0.25) is 0 Å². The van der Waals surface area contributed by atoms with Crippen molar-refractivity contribution in [2.75, 3.05) is 27.7 Å². The van der Waals surface area contributed by atoms with Gasteiger partial charge in [-0.25, -0.2) is 4.79 Å². The molecule has 1 aromatic rings. The third-order valence-electron chi connectivity index (χ3n) is 2.13. The van der Waals surface area contributed by atoms with Crippen LogP contribution in [0.25, 0.3) is 0 Å². The lowest BCUT2D eigenvalue weighted by Crippen LogP contribution is -2.35. The van der Waals surface area contributed by atoms with E-state index in [1.807, 2.05) is 0 Å². The molecule has 0 aromatic carbocycles. The van der Waals surface area contributed by atoms with E-state index in [9.17, 15) is 9.59 Å². The molecule has 0 aliphatic rings. The van der Waals surface area contributed by atoms with Gasteiger partial charge in [0.2, 0.25) is 0 Å². The number of carboxylic acids is 2. The van der Waals surface area contributed by atoms with Gasteiger partial charge in [0.15, 0.2) is 0 Å². The number of hydrogen-bond acceptors (Lipinski definition) is 3. The largest absolute Gasteiger partial charge is 0.481 e. The van der Waals surface area contributed by atoms with Crippen LogP contribution >= 0.6 is 0 Å². The third kappa shape index (κ3) is 10.9. The highest BCUT2D eigenvalue weighted by atomic mass is 16.4. The molecule has 0 atom stereocenters. The lowest BCUT2D eigenvalue weighted by molar-refractivity contribution is -0.870. The van der Waals surface area contributed by atoms with Gasteiger partial charge in [-0.1, -0.05) is 0 Å². The molecule has 0 unspecified atom stereocenters. The molecular weight excluding hydrogens is 248 g/mol. The Labute approximate surface area is 112 Å². The molecule has 1 rings (SSSR count). The maximum absolute atomic E-state index is 10.2. The summed E-state index contributed by atoms with van der Waals surface area (Å²) in [5.41, 5.74) is 0.220. The molecule has 1 heterocycles. The first-order chi connectivity index (χ1) is 8.72. The highest BCUT2D eigenvalue weighted by Crippen LogP contribution is 1.96. The van der Waals surface area contributed by atoms with Crippen molar-refractivity contribution in [1.82, 2.24) is 4.98 Å². The number of aliphatic carboxylic acids is 1. The summed E-state index contributed by atoms with van der Waals surface area (Å²) in [5.74, 6) is -1.64. The van der Waals surface area contributed by atoms with E-state index in [1.54, 1.807) is 6.07 Å². The zero-order valence-electron chi connectivity index (χ0n) is 11.5. The fourth-order valence-corrected chi connectivity index (χ4v) is 1.19. The highest BCUT2D eigenvalue weighted by molar-refractivity contribution is 5.86. The first-order valence-electron chi connectivity index (χ1n) is 5.88. The van der Waals surface area contributed by atoms with Crippen LogP contribution in [0.15, 0.2) is 24.5 Å². The van der Waals surface area contributed by atoms with Gasteiger partial charge in [0, 0.05) is 18.8 Å². The minimum Gasteiger partial charge on any atom is -0.481 e. The van der Waals surface area contributed by atoms with Crippen LogP contribution in [0.4, 0.5) is 0 Å². The van der Waals surface area contributed by atoms with Crippen molar-refractivity contribution >= 4 is 11.9 Å². The maximum atomic E-state index is 10.2. The van der Waals surface area contributed by atoms with Gasteiger partial charge in [-0.05, 0) is 12.1 Å². The van der Waals surface area contributed by atoms with Crippen LogP contribution in [0, 0.1) is 0 Å². The summed E-state index contributed by atoms with van der Waals surface area (Å²) in [7, 11) is 6.17. The topological polar surface area (TPSA) is 87.5 Å². The molecule has 0 spiro atoms.